The van der Waals surface area contributed by atoms with Gasteiger partial charge in [-0.3, -0.25) is 0 Å². The molecule has 1 atom stereocenters. The van der Waals surface area contributed by atoms with Gasteiger partial charge in [-0.05, 0) is 30.5 Å². The Morgan fingerprint density at radius 1 is 1.32 bits per heavy atom. The minimum atomic E-state index is 0.189. The van der Waals surface area contributed by atoms with Gasteiger partial charge in [0.05, 0.1) is 19.3 Å². The lowest BCUT2D eigenvalue weighted by atomic mass is 9.97. The van der Waals surface area contributed by atoms with Crippen LogP contribution >= 0.6 is 11.6 Å². The predicted molar refractivity (Wildman–Crippen MR) is 77.9 cm³/mol. The number of rotatable bonds is 8. The van der Waals surface area contributed by atoms with E-state index >= 15 is 0 Å². The van der Waals surface area contributed by atoms with Crippen molar-refractivity contribution in [3.05, 3.63) is 35.4 Å². The van der Waals surface area contributed by atoms with Crippen LogP contribution in [0.25, 0.3) is 0 Å². The van der Waals surface area contributed by atoms with E-state index in [9.17, 15) is 0 Å². The summed E-state index contributed by atoms with van der Waals surface area (Å²) in [6, 6.07) is 8.55. The lowest BCUT2D eigenvalue weighted by Gasteiger charge is -2.26. The molecule has 1 aliphatic heterocycles. The summed E-state index contributed by atoms with van der Waals surface area (Å²) in [5, 5.41) is 3.43. The quantitative estimate of drug-likeness (QED) is 0.587. The summed E-state index contributed by atoms with van der Waals surface area (Å²) in [6.45, 7) is 4.04. The van der Waals surface area contributed by atoms with E-state index in [0.29, 0.717) is 12.5 Å². The highest BCUT2D eigenvalue weighted by Crippen LogP contribution is 2.25. The highest BCUT2D eigenvalue weighted by atomic mass is 35.5. The van der Waals surface area contributed by atoms with E-state index in [1.807, 2.05) is 0 Å². The molecule has 1 unspecified atom stereocenters. The molecule has 3 nitrogen and oxygen atoms in total. The molecule has 1 heterocycles. The van der Waals surface area contributed by atoms with Crippen LogP contribution in [0.5, 0.6) is 0 Å². The molecule has 19 heavy (non-hydrogen) atoms. The van der Waals surface area contributed by atoms with Gasteiger partial charge in [0.1, 0.15) is 0 Å². The second-order valence-corrected chi connectivity index (χ2v) is 5.05. The first-order valence-electron chi connectivity index (χ1n) is 6.95. The van der Waals surface area contributed by atoms with Gasteiger partial charge in [0.25, 0.3) is 0 Å². The first kappa shape index (κ1) is 14.8. The zero-order chi connectivity index (χ0) is 13.3. The minimum Gasteiger partial charge on any atom is -0.380 e. The molecular weight excluding hydrogens is 262 g/mol. The van der Waals surface area contributed by atoms with Crippen LogP contribution in [0.4, 0.5) is 0 Å². The predicted octanol–water partition coefficient (Wildman–Crippen LogP) is 2.54. The normalized spacial score (nSPS) is 18.3. The van der Waals surface area contributed by atoms with Crippen molar-refractivity contribution in [2.24, 2.45) is 0 Å². The Morgan fingerprint density at radius 3 is 3.11 bits per heavy atom. The molecule has 2 rings (SSSR count). The molecule has 1 aliphatic rings. The third-order valence-corrected chi connectivity index (χ3v) is 3.44. The number of nitrogens with one attached hydrogen (secondary N) is 1. The Hall–Kier alpha value is -0.610. The Labute approximate surface area is 120 Å². The maximum Gasteiger partial charge on any atom is 0.0952 e. The van der Waals surface area contributed by atoms with Gasteiger partial charge in [-0.15, -0.1) is 11.6 Å². The number of alkyl halides is 1. The van der Waals surface area contributed by atoms with Gasteiger partial charge in [0.15, 0.2) is 0 Å². The van der Waals surface area contributed by atoms with E-state index in [1.54, 1.807) is 0 Å². The summed E-state index contributed by atoms with van der Waals surface area (Å²) in [5.74, 6) is 0.570. The lowest BCUT2D eigenvalue weighted by Crippen LogP contribution is -2.28. The minimum absolute atomic E-state index is 0.189. The molecule has 0 saturated carbocycles. The molecule has 106 valence electrons. The topological polar surface area (TPSA) is 30.5 Å². The van der Waals surface area contributed by atoms with Crippen LogP contribution in [-0.2, 0) is 15.9 Å². The highest BCUT2D eigenvalue weighted by Gasteiger charge is 2.19. The molecule has 0 bridgehead atoms. The van der Waals surface area contributed by atoms with Gasteiger partial charge in [-0.1, -0.05) is 24.3 Å². The fraction of sp³-hybridized carbons (Fsp3) is 0.600. The van der Waals surface area contributed by atoms with Gasteiger partial charge in [-0.2, -0.15) is 0 Å². The largest absolute Gasteiger partial charge is 0.380 e. The third kappa shape index (κ3) is 4.77. The van der Waals surface area contributed by atoms with Crippen LogP contribution in [-0.4, -0.2) is 38.8 Å². The van der Waals surface area contributed by atoms with Crippen LogP contribution in [0.2, 0.25) is 0 Å². The number of fused-ring (bicyclic) bond motifs is 1. The van der Waals surface area contributed by atoms with Crippen molar-refractivity contribution in [2.75, 3.05) is 38.8 Å². The van der Waals surface area contributed by atoms with Crippen molar-refractivity contribution >= 4 is 11.6 Å². The molecular formula is C15H22ClNO2. The van der Waals surface area contributed by atoms with Crippen LogP contribution < -0.4 is 5.32 Å². The van der Waals surface area contributed by atoms with Gasteiger partial charge < -0.3 is 14.8 Å². The van der Waals surface area contributed by atoms with Crippen molar-refractivity contribution in [2.45, 2.75) is 18.9 Å². The molecule has 0 aliphatic carbocycles. The van der Waals surface area contributed by atoms with Gasteiger partial charge in [0.2, 0.25) is 0 Å². The maximum absolute atomic E-state index is 5.84. The summed E-state index contributed by atoms with van der Waals surface area (Å²) >= 11 is 5.53. The molecule has 0 spiro atoms. The Balaban J connectivity index is 1.67. The fourth-order valence-electron chi connectivity index (χ4n) is 2.33. The van der Waals surface area contributed by atoms with Gasteiger partial charge in [0, 0.05) is 19.0 Å². The summed E-state index contributed by atoms with van der Waals surface area (Å²) in [5.41, 5.74) is 2.76. The second kappa shape index (κ2) is 8.54. The third-order valence-electron chi connectivity index (χ3n) is 3.29. The zero-order valence-corrected chi connectivity index (χ0v) is 12.0. The van der Waals surface area contributed by atoms with Crippen LogP contribution in [0.3, 0.4) is 0 Å². The molecule has 0 aromatic heterocycles. The van der Waals surface area contributed by atoms with E-state index in [0.717, 1.165) is 39.1 Å². The molecule has 1 aromatic carbocycles. The molecule has 0 radical (unpaired) electrons. The van der Waals surface area contributed by atoms with Crippen molar-refractivity contribution in [3.8, 4) is 0 Å². The van der Waals surface area contributed by atoms with Crippen LogP contribution in [0.1, 0.15) is 23.7 Å². The summed E-state index contributed by atoms with van der Waals surface area (Å²) in [7, 11) is 0. The number of hydrogen-bond donors (Lipinski definition) is 1. The van der Waals surface area contributed by atoms with Gasteiger partial charge in [-0.25, -0.2) is 0 Å². The molecule has 1 N–H and O–H groups in total. The smallest absolute Gasteiger partial charge is 0.0952 e. The molecule has 0 fully saturated rings. The zero-order valence-electron chi connectivity index (χ0n) is 11.2. The summed E-state index contributed by atoms with van der Waals surface area (Å²) in [4.78, 5) is 0. The first-order valence-corrected chi connectivity index (χ1v) is 7.49. The molecule has 4 heteroatoms. The van der Waals surface area contributed by atoms with Crippen molar-refractivity contribution < 1.29 is 9.47 Å². The highest BCUT2D eigenvalue weighted by molar-refractivity contribution is 6.17. The molecule has 0 amide bonds. The number of ether oxygens (including phenoxy) is 2. The van der Waals surface area contributed by atoms with Crippen molar-refractivity contribution in [1.82, 2.24) is 5.32 Å². The summed E-state index contributed by atoms with van der Waals surface area (Å²) in [6.07, 6.45) is 2.22. The SMILES string of the molecule is ClCCOCCCNCC1OCCc2ccccc21. The number of hydrogen-bond acceptors (Lipinski definition) is 3. The summed E-state index contributed by atoms with van der Waals surface area (Å²) < 4.78 is 11.2. The molecule has 1 aromatic rings. The van der Waals surface area contributed by atoms with Crippen molar-refractivity contribution in [3.63, 3.8) is 0 Å². The Bertz CT molecular complexity index is 373. The van der Waals surface area contributed by atoms with Crippen molar-refractivity contribution in [1.29, 1.82) is 0 Å². The maximum atomic E-state index is 5.84. The van der Waals surface area contributed by atoms with E-state index in [2.05, 4.69) is 29.6 Å². The number of benzene rings is 1. The average Bonchev–Trinajstić information content (AvgIpc) is 2.46. The second-order valence-electron chi connectivity index (χ2n) is 4.67. The van der Waals surface area contributed by atoms with E-state index in [4.69, 9.17) is 21.1 Å². The Kier molecular flexibility index (Phi) is 6.65. The van der Waals surface area contributed by atoms with E-state index < -0.39 is 0 Å². The first-order chi connectivity index (χ1) is 9.42. The van der Waals surface area contributed by atoms with E-state index in [-0.39, 0.29) is 6.10 Å². The Morgan fingerprint density at radius 2 is 2.21 bits per heavy atom. The monoisotopic (exact) mass is 283 g/mol. The number of halogens is 1. The average molecular weight is 284 g/mol. The fourth-order valence-corrected chi connectivity index (χ4v) is 2.44. The van der Waals surface area contributed by atoms with Crippen LogP contribution in [0, 0.1) is 0 Å². The van der Waals surface area contributed by atoms with E-state index in [1.165, 1.54) is 11.1 Å². The molecule has 0 saturated heterocycles. The van der Waals surface area contributed by atoms with Gasteiger partial charge >= 0.3 is 0 Å². The lowest BCUT2D eigenvalue weighted by molar-refractivity contribution is 0.0421. The standard InChI is InChI=1S/C15H22ClNO2/c16-7-11-18-9-3-8-17-12-15-14-5-2-1-4-13(14)6-10-19-15/h1-2,4-5,15,17H,3,6-12H2. The van der Waals surface area contributed by atoms with Crippen LogP contribution in [0.15, 0.2) is 24.3 Å².